The number of hydrogen-bond acceptors (Lipinski definition) is 4. The molecule has 0 saturated carbocycles. The predicted octanol–water partition coefficient (Wildman–Crippen LogP) is 4.56. The fraction of sp³-hybridized carbons (Fsp3) is 0.261. The first-order valence-corrected chi connectivity index (χ1v) is 9.77. The van der Waals surface area contributed by atoms with Gasteiger partial charge in [-0.05, 0) is 42.5 Å². The van der Waals surface area contributed by atoms with Crippen LogP contribution in [0.1, 0.15) is 42.1 Å². The fourth-order valence-corrected chi connectivity index (χ4v) is 3.83. The van der Waals surface area contributed by atoms with Gasteiger partial charge in [0, 0.05) is 24.6 Å². The minimum atomic E-state index is -1.12. The molecule has 1 fully saturated rings. The maximum Gasteiger partial charge on any atom is 0.373 e. The predicted molar refractivity (Wildman–Crippen MR) is 109 cm³/mol. The van der Waals surface area contributed by atoms with Crippen molar-refractivity contribution >= 4 is 17.6 Å². The van der Waals surface area contributed by atoms with Crippen LogP contribution in [0.5, 0.6) is 0 Å². The molecule has 1 aliphatic rings. The van der Waals surface area contributed by atoms with Crippen molar-refractivity contribution in [2.75, 3.05) is 4.90 Å². The quantitative estimate of drug-likeness (QED) is 0.639. The summed E-state index contributed by atoms with van der Waals surface area (Å²) in [7, 11) is 0. The molecule has 0 spiro atoms. The van der Waals surface area contributed by atoms with Gasteiger partial charge in [-0.25, -0.2) is 9.78 Å². The van der Waals surface area contributed by atoms with Gasteiger partial charge < -0.3 is 14.4 Å². The number of hydrogen-bond donors (Lipinski definition) is 1. The minimum absolute atomic E-state index is 0.138. The Morgan fingerprint density at radius 1 is 1.10 bits per heavy atom. The highest BCUT2D eigenvalue weighted by Gasteiger charge is 2.31. The van der Waals surface area contributed by atoms with Crippen LogP contribution in [-0.4, -0.2) is 28.0 Å². The molecule has 3 aromatic rings. The summed E-state index contributed by atoms with van der Waals surface area (Å²) in [5.74, 6) is -0.691. The molecule has 4 rings (SSSR count). The van der Waals surface area contributed by atoms with Crippen LogP contribution in [0.4, 0.5) is 5.69 Å². The molecular formula is C23H22N2O4. The van der Waals surface area contributed by atoms with Crippen molar-refractivity contribution in [1.82, 2.24) is 4.98 Å². The van der Waals surface area contributed by atoms with E-state index in [4.69, 9.17) is 9.52 Å². The van der Waals surface area contributed by atoms with Crippen LogP contribution in [0.15, 0.2) is 65.2 Å². The molecule has 0 bridgehead atoms. The second kappa shape index (κ2) is 8.31. The van der Waals surface area contributed by atoms with Gasteiger partial charge in [-0.3, -0.25) is 4.79 Å². The van der Waals surface area contributed by atoms with Gasteiger partial charge in [-0.2, -0.15) is 0 Å². The Labute approximate surface area is 168 Å². The van der Waals surface area contributed by atoms with E-state index in [1.165, 1.54) is 6.20 Å². The van der Waals surface area contributed by atoms with Crippen molar-refractivity contribution in [3.05, 3.63) is 72.4 Å². The van der Waals surface area contributed by atoms with Crippen LogP contribution in [0.25, 0.3) is 11.1 Å². The molecule has 0 radical (unpaired) electrons. The van der Waals surface area contributed by atoms with Gasteiger partial charge in [0.05, 0.1) is 6.20 Å². The summed E-state index contributed by atoms with van der Waals surface area (Å²) in [6.07, 6.45) is 4.75. The maximum atomic E-state index is 12.5. The van der Waals surface area contributed by atoms with E-state index in [1.807, 2.05) is 47.4 Å². The third-order valence-electron chi connectivity index (χ3n) is 5.27. The topological polar surface area (TPSA) is 83.6 Å². The van der Waals surface area contributed by atoms with E-state index in [0.29, 0.717) is 18.7 Å². The first kappa shape index (κ1) is 18.9. The number of rotatable bonds is 7. The number of anilines is 1. The summed E-state index contributed by atoms with van der Waals surface area (Å²) in [5.41, 5.74) is 3.19. The highest BCUT2D eigenvalue weighted by atomic mass is 16.4. The Morgan fingerprint density at radius 2 is 1.83 bits per heavy atom. The third kappa shape index (κ3) is 4.21. The summed E-state index contributed by atoms with van der Waals surface area (Å²) in [4.78, 5) is 29.3. The molecule has 6 heteroatoms. The number of aromatic nitrogens is 1. The summed E-state index contributed by atoms with van der Waals surface area (Å²) < 4.78 is 5.21. The Balaban J connectivity index is 1.40. The SMILES string of the molecule is O=C(O)c1cnc(CCC[C@@H]2CCC(=O)N2c2ccc(-c3ccccc3)cc2)o1. The molecule has 6 nitrogen and oxygen atoms in total. The first-order chi connectivity index (χ1) is 14.1. The minimum Gasteiger partial charge on any atom is -0.475 e. The number of nitrogens with zero attached hydrogens (tertiary/aromatic N) is 2. The molecule has 0 unspecified atom stereocenters. The summed E-state index contributed by atoms with van der Waals surface area (Å²) in [6.45, 7) is 0. The standard InChI is InChI=1S/C23H22N2O4/c26-22-14-13-18(7-4-8-21-24-15-20(29-21)23(27)28)25(22)19-11-9-17(10-12-19)16-5-2-1-3-6-16/h1-3,5-6,9-12,15,18H,4,7-8,13-14H2,(H,27,28)/t18-/m1/s1. The zero-order valence-corrected chi connectivity index (χ0v) is 16.0. The number of oxazole rings is 1. The van der Waals surface area contributed by atoms with Crippen LogP contribution in [0.2, 0.25) is 0 Å². The molecule has 0 aliphatic carbocycles. The Kier molecular flexibility index (Phi) is 5.42. The summed E-state index contributed by atoms with van der Waals surface area (Å²) in [6, 6.07) is 18.4. The molecule has 2 heterocycles. The molecule has 1 atom stereocenters. The molecule has 29 heavy (non-hydrogen) atoms. The van der Waals surface area contributed by atoms with E-state index in [1.54, 1.807) is 0 Å². The fourth-order valence-electron chi connectivity index (χ4n) is 3.83. The number of carbonyl (C=O) groups excluding carboxylic acids is 1. The van der Waals surface area contributed by atoms with E-state index in [2.05, 4.69) is 17.1 Å². The molecule has 1 saturated heterocycles. The van der Waals surface area contributed by atoms with Crippen LogP contribution in [-0.2, 0) is 11.2 Å². The molecule has 1 N–H and O–H groups in total. The number of carboxylic acid groups (broad SMARTS) is 1. The number of aryl methyl sites for hydroxylation is 1. The highest BCUT2D eigenvalue weighted by Crippen LogP contribution is 2.31. The monoisotopic (exact) mass is 390 g/mol. The molecule has 1 aromatic heterocycles. The number of benzene rings is 2. The Hall–Kier alpha value is -3.41. The molecule has 1 amide bonds. The average molecular weight is 390 g/mol. The average Bonchev–Trinajstić information content (AvgIpc) is 3.36. The number of aromatic carboxylic acids is 1. The molecule has 1 aliphatic heterocycles. The van der Waals surface area contributed by atoms with E-state index in [9.17, 15) is 9.59 Å². The lowest BCUT2D eigenvalue weighted by atomic mass is 10.0. The summed E-state index contributed by atoms with van der Waals surface area (Å²) >= 11 is 0. The van der Waals surface area contributed by atoms with E-state index in [-0.39, 0.29) is 17.7 Å². The Morgan fingerprint density at radius 3 is 2.52 bits per heavy atom. The van der Waals surface area contributed by atoms with Gasteiger partial charge in [-0.15, -0.1) is 0 Å². The zero-order valence-electron chi connectivity index (χ0n) is 16.0. The van der Waals surface area contributed by atoms with Crippen molar-refractivity contribution in [2.24, 2.45) is 0 Å². The molecule has 148 valence electrons. The molecule has 2 aromatic carbocycles. The van der Waals surface area contributed by atoms with E-state index < -0.39 is 5.97 Å². The van der Waals surface area contributed by atoms with Gasteiger partial charge >= 0.3 is 5.97 Å². The van der Waals surface area contributed by atoms with Gasteiger partial charge in [0.25, 0.3) is 0 Å². The van der Waals surface area contributed by atoms with Crippen molar-refractivity contribution < 1.29 is 19.1 Å². The van der Waals surface area contributed by atoms with Crippen LogP contribution < -0.4 is 4.90 Å². The zero-order chi connectivity index (χ0) is 20.2. The van der Waals surface area contributed by atoms with Crippen molar-refractivity contribution in [2.45, 2.75) is 38.1 Å². The van der Waals surface area contributed by atoms with Crippen molar-refractivity contribution in [3.63, 3.8) is 0 Å². The van der Waals surface area contributed by atoms with E-state index >= 15 is 0 Å². The lowest BCUT2D eigenvalue weighted by Crippen LogP contribution is -2.32. The van der Waals surface area contributed by atoms with Crippen molar-refractivity contribution in [3.8, 4) is 11.1 Å². The third-order valence-corrected chi connectivity index (χ3v) is 5.27. The van der Waals surface area contributed by atoms with Gasteiger partial charge in [0.2, 0.25) is 11.7 Å². The lowest BCUT2D eigenvalue weighted by Gasteiger charge is -2.25. The van der Waals surface area contributed by atoms with Crippen LogP contribution in [0, 0.1) is 0 Å². The first-order valence-electron chi connectivity index (χ1n) is 9.77. The summed E-state index contributed by atoms with van der Waals surface area (Å²) in [5, 5.41) is 8.90. The number of carboxylic acids is 1. The molecular weight excluding hydrogens is 368 g/mol. The van der Waals surface area contributed by atoms with Gasteiger partial charge in [0.15, 0.2) is 5.89 Å². The second-order valence-electron chi connectivity index (χ2n) is 7.18. The van der Waals surface area contributed by atoms with Crippen molar-refractivity contribution in [1.29, 1.82) is 0 Å². The number of amides is 1. The smallest absolute Gasteiger partial charge is 0.373 e. The van der Waals surface area contributed by atoms with Gasteiger partial charge in [0.1, 0.15) is 0 Å². The largest absolute Gasteiger partial charge is 0.475 e. The second-order valence-corrected chi connectivity index (χ2v) is 7.18. The van der Waals surface area contributed by atoms with E-state index in [0.717, 1.165) is 36.1 Å². The van der Waals surface area contributed by atoms with Crippen LogP contribution >= 0.6 is 0 Å². The lowest BCUT2D eigenvalue weighted by molar-refractivity contribution is -0.117. The Bertz CT molecular complexity index is 995. The van der Waals surface area contributed by atoms with Crippen LogP contribution in [0.3, 0.4) is 0 Å². The number of carbonyl (C=O) groups is 2. The highest BCUT2D eigenvalue weighted by molar-refractivity contribution is 5.96. The van der Waals surface area contributed by atoms with Gasteiger partial charge in [-0.1, -0.05) is 42.5 Å². The maximum absolute atomic E-state index is 12.5. The normalized spacial score (nSPS) is 16.3.